The van der Waals surface area contributed by atoms with Gasteiger partial charge in [-0.05, 0) is 37.5 Å². The second-order valence-corrected chi connectivity index (χ2v) is 6.87. The van der Waals surface area contributed by atoms with E-state index in [4.69, 9.17) is 0 Å². The summed E-state index contributed by atoms with van der Waals surface area (Å²) in [5.41, 5.74) is -0.683. The molecule has 114 valence electrons. The quantitative estimate of drug-likeness (QED) is 0.925. The van der Waals surface area contributed by atoms with Crippen molar-refractivity contribution in [3.63, 3.8) is 0 Å². The fourth-order valence-electron chi connectivity index (χ4n) is 1.74. The van der Waals surface area contributed by atoms with Gasteiger partial charge in [0.25, 0.3) is 0 Å². The molecule has 1 aromatic carbocycles. The first-order valence-corrected chi connectivity index (χ1v) is 7.67. The molecule has 0 atom stereocenters. The predicted octanol–water partition coefficient (Wildman–Crippen LogP) is 3.52. The molecule has 7 heteroatoms. The summed E-state index contributed by atoms with van der Waals surface area (Å²) in [6, 6.07) is 2.85. The number of rotatable bonds is 4. The summed E-state index contributed by atoms with van der Waals surface area (Å²) in [5.74, 6) is -0.120. The molecule has 0 aromatic heterocycles. The summed E-state index contributed by atoms with van der Waals surface area (Å²) in [6.07, 6.45) is -4.72. The highest BCUT2D eigenvalue weighted by Gasteiger charge is 2.37. The Labute approximate surface area is 117 Å². The number of hydrogen-bond acceptors (Lipinski definition) is 2. The molecule has 0 bridgehead atoms. The molecule has 0 spiro atoms. The molecule has 3 nitrogen and oxygen atoms in total. The molecule has 0 aliphatic heterocycles. The Balaban J connectivity index is 3.48. The van der Waals surface area contributed by atoms with E-state index in [2.05, 4.69) is 4.72 Å². The van der Waals surface area contributed by atoms with E-state index >= 15 is 0 Å². The van der Waals surface area contributed by atoms with Gasteiger partial charge in [0.1, 0.15) is 0 Å². The zero-order chi connectivity index (χ0) is 15.7. The van der Waals surface area contributed by atoms with Gasteiger partial charge < -0.3 is 0 Å². The van der Waals surface area contributed by atoms with E-state index in [9.17, 15) is 21.6 Å². The molecule has 0 radical (unpaired) electrons. The molecule has 0 saturated heterocycles. The first kappa shape index (κ1) is 17.0. The standard InChI is InChI=1S/C13H18F3NO2S/c1-8(2)10-5-6-12(11(7-10)13(14,15)16)20(18,19)17-9(3)4/h5-9,17H,1-4H3. The zero-order valence-corrected chi connectivity index (χ0v) is 12.6. The van der Waals surface area contributed by atoms with Crippen molar-refractivity contribution in [3.8, 4) is 0 Å². The topological polar surface area (TPSA) is 46.2 Å². The van der Waals surface area contributed by atoms with Gasteiger partial charge in [-0.2, -0.15) is 13.2 Å². The summed E-state index contributed by atoms with van der Waals surface area (Å²) in [6.45, 7) is 6.59. The van der Waals surface area contributed by atoms with Crippen LogP contribution < -0.4 is 4.72 Å². The first-order valence-electron chi connectivity index (χ1n) is 6.18. The number of benzene rings is 1. The van der Waals surface area contributed by atoms with E-state index in [0.29, 0.717) is 5.56 Å². The molecule has 0 aliphatic carbocycles. The first-order chi connectivity index (χ1) is 8.95. The van der Waals surface area contributed by atoms with Crippen LogP contribution in [-0.4, -0.2) is 14.5 Å². The molecule has 20 heavy (non-hydrogen) atoms. The molecular formula is C13H18F3NO2S. The van der Waals surface area contributed by atoms with Gasteiger partial charge in [-0.15, -0.1) is 0 Å². The van der Waals surface area contributed by atoms with Crippen LogP contribution in [0.1, 0.15) is 44.7 Å². The van der Waals surface area contributed by atoms with Crippen molar-refractivity contribution in [1.29, 1.82) is 0 Å². The molecule has 0 aliphatic rings. The Morgan fingerprint density at radius 3 is 2.05 bits per heavy atom. The second-order valence-electron chi connectivity index (χ2n) is 5.18. The summed E-state index contributed by atoms with van der Waals surface area (Å²) in [7, 11) is -4.19. The number of hydrogen-bond donors (Lipinski definition) is 1. The zero-order valence-electron chi connectivity index (χ0n) is 11.7. The van der Waals surface area contributed by atoms with Crippen LogP contribution in [0.2, 0.25) is 0 Å². The number of alkyl halides is 3. The van der Waals surface area contributed by atoms with Crippen LogP contribution in [0.15, 0.2) is 23.1 Å². The Morgan fingerprint density at radius 2 is 1.65 bits per heavy atom. The number of nitrogens with one attached hydrogen (secondary N) is 1. The van der Waals surface area contributed by atoms with Crippen molar-refractivity contribution in [1.82, 2.24) is 4.72 Å². The van der Waals surface area contributed by atoms with Crippen LogP contribution in [0.4, 0.5) is 13.2 Å². The van der Waals surface area contributed by atoms with E-state index < -0.39 is 32.7 Å². The van der Waals surface area contributed by atoms with Gasteiger partial charge in [-0.1, -0.05) is 19.9 Å². The van der Waals surface area contributed by atoms with Gasteiger partial charge >= 0.3 is 6.18 Å². The minimum absolute atomic E-state index is 0.120. The fourth-order valence-corrected chi connectivity index (χ4v) is 3.20. The highest BCUT2D eigenvalue weighted by atomic mass is 32.2. The van der Waals surface area contributed by atoms with Crippen molar-refractivity contribution in [2.45, 2.75) is 50.7 Å². The smallest absolute Gasteiger partial charge is 0.209 e. The summed E-state index contributed by atoms with van der Waals surface area (Å²) in [4.78, 5) is -0.733. The molecule has 0 amide bonds. The third-order valence-corrected chi connectivity index (χ3v) is 4.37. The van der Waals surface area contributed by atoms with Gasteiger partial charge in [0.2, 0.25) is 10.0 Å². The molecule has 1 rings (SSSR count). The molecule has 1 N–H and O–H groups in total. The molecule has 0 unspecified atom stereocenters. The van der Waals surface area contributed by atoms with E-state index in [0.717, 1.165) is 12.1 Å². The lowest BCUT2D eigenvalue weighted by molar-refractivity contribution is -0.139. The average molecular weight is 309 g/mol. The summed E-state index contributed by atoms with van der Waals surface area (Å²) >= 11 is 0. The van der Waals surface area contributed by atoms with Crippen molar-refractivity contribution >= 4 is 10.0 Å². The Bertz CT molecular complexity index is 578. The monoisotopic (exact) mass is 309 g/mol. The highest BCUT2D eigenvalue weighted by Crippen LogP contribution is 2.36. The minimum Gasteiger partial charge on any atom is -0.209 e. The lowest BCUT2D eigenvalue weighted by atomic mass is 10.0. The summed E-state index contributed by atoms with van der Waals surface area (Å²) < 4.78 is 65.3. The third kappa shape index (κ3) is 3.96. The largest absolute Gasteiger partial charge is 0.417 e. The molecule has 0 saturated carbocycles. The lowest BCUT2D eigenvalue weighted by Gasteiger charge is -2.17. The molecule has 1 aromatic rings. The maximum atomic E-state index is 13.1. The van der Waals surface area contributed by atoms with Crippen LogP contribution in [-0.2, 0) is 16.2 Å². The van der Waals surface area contributed by atoms with E-state index in [1.807, 2.05) is 0 Å². The molecular weight excluding hydrogens is 291 g/mol. The van der Waals surface area contributed by atoms with E-state index in [1.165, 1.54) is 6.07 Å². The summed E-state index contributed by atoms with van der Waals surface area (Å²) in [5, 5.41) is 0. The molecule has 0 fully saturated rings. The lowest BCUT2D eigenvalue weighted by Crippen LogP contribution is -2.32. The molecule has 0 heterocycles. The van der Waals surface area contributed by atoms with Crippen molar-refractivity contribution < 1.29 is 21.6 Å². The predicted molar refractivity (Wildman–Crippen MR) is 71.0 cm³/mol. The van der Waals surface area contributed by atoms with Gasteiger partial charge in [0.05, 0.1) is 10.5 Å². The number of sulfonamides is 1. The van der Waals surface area contributed by atoms with Crippen LogP contribution in [0, 0.1) is 0 Å². The normalized spacial score (nSPS) is 13.2. The second kappa shape index (κ2) is 5.73. The Morgan fingerprint density at radius 1 is 1.10 bits per heavy atom. The Kier molecular flexibility index (Phi) is 4.86. The SMILES string of the molecule is CC(C)NS(=O)(=O)c1ccc(C(C)C)cc1C(F)(F)F. The van der Waals surface area contributed by atoms with Crippen LogP contribution in [0.3, 0.4) is 0 Å². The average Bonchev–Trinajstić information content (AvgIpc) is 2.25. The minimum atomic E-state index is -4.72. The van der Waals surface area contributed by atoms with Gasteiger partial charge in [-0.25, -0.2) is 13.1 Å². The van der Waals surface area contributed by atoms with Crippen LogP contribution in [0.5, 0.6) is 0 Å². The van der Waals surface area contributed by atoms with E-state index in [1.54, 1.807) is 27.7 Å². The van der Waals surface area contributed by atoms with Crippen molar-refractivity contribution in [2.24, 2.45) is 0 Å². The fraction of sp³-hybridized carbons (Fsp3) is 0.538. The van der Waals surface area contributed by atoms with Gasteiger partial charge in [0.15, 0.2) is 0 Å². The van der Waals surface area contributed by atoms with Gasteiger partial charge in [-0.3, -0.25) is 0 Å². The van der Waals surface area contributed by atoms with Gasteiger partial charge in [0, 0.05) is 6.04 Å². The Hall–Kier alpha value is -1.08. The highest BCUT2D eigenvalue weighted by molar-refractivity contribution is 7.89. The van der Waals surface area contributed by atoms with Crippen LogP contribution in [0.25, 0.3) is 0 Å². The van der Waals surface area contributed by atoms with Crippen molar-refractivity contribution in [3.05, 3.63) is 29.3 Å². The van der Waals surface area contributed by atoms with Crippen molar-refractivity contribution in [2.75, 3.05) is 0 Å². The van der Waals surface area contributed by atoms with E-state index in [-0.39, 0.29) is 5.92 Å². The number of halogens is 3. The third-order valence-electron chi connectivity index (χ3n) is 2.66. The van der Waals surface area contributed by atoms with Crippen LogP contribution >= 0.6 is 0 Å². The maximum Gasteiger partial charge on any atom is 0.417 e. The maximum absolute atomic E-state index is 13.1.